The molecule has 1 aromatic rings. The van der Waals surface area contributed by atoms with Gasteiger partial charge in [-0.05, 0) is 67.6 Å². The van der Waals surface area contributed by atoms with E-state index < -0.39 is 17.3 Å². The van der Waals surface area contributed by atoms with E-state index in [1.54, 1.807) is 0 Å². The number of nitrogens with one attached hydrogen (secondary N) is 2. The van der Waals surface area contributed by atoms with E-state index in [0.29, 0.717) is 48.3 Å². The minimum atomic E-state index is -4.34. The maximum atomic E-state index is 12.8. The highest BCUT2D eigenvalue weighted by molar-refractivity contribution is 7.80. The van der Waals surface area contributed by atoms with Crippen molar-refractivity contribution in [2.75, 3.05) is 19.6 Å². The average molecular weight is 456 g/mol. The van der Waals surface area contributed by atoms with E-state index >= 15 is 0 Å². The van der Waals surface area contributed by atoms with Crippen molar-refractivity contribution in [1.82, 2.24) is 15.9 Å². The molecule has 3 aliphatic rings. The molecule has 0 bridgehead atoms. The number of alkyl halides is 3. The van der Waals surface area contributed by atoms with Crippen LogP contribution in [0, 0.1) is 5.92 Å². The fourth-order valence-electron chi connectivity index (χ4n) is 4.43. The molecule has 5 nitrogen and oxygen atoms in total. The number of halogens is 3. The summed E-state index contributed by atoms with van der Waals surface area (Å²) in [5, 5.41) is 5.49. The second kappa shape index (κ2) is 9.34. The van der Waals surface area contributed by atoms with Crippen LogP contribution in [0.2, 0.25) is 0 Å². The molecular formula is C22H28F3N3O2S. The fraction of sp³-hybridized carbons (Fsp3) is 0.591. The van der Waals surface area contributed by atoms with Crippen molar-refractivity contribution in [2.24, 2.45) is 5.92 Å². The predicted molar refractivity (Wildman–Crippen MR) is 115 cm³/mol. The van der Waals surface area contributed by atoms with Crippen LogP contribution in [0.25, 0.3) is 5.70 Å². The summed E-state index contributed by atoms with van der Waals surface area (Å²) in [4.78, 5) is 11.6. The zero-order valence-corrected chi connectivity index (χ0v) is 18.2. The number of hydroxylamine groups is 3. The SMILES string of the molecule is FC(F)(F)c1ccc(C2=CC3(CCN(OC(=S)NCC4CCCCC4)CC3)ON2)cc1. The summed E-state index contributed by atoms with van der Waals surface area (Å²) in [6.07, 6.45) is 5.43. The van der Waals surface area contributed by atoms with Crippen LogP contribution in [-0.4, -0.2) is 35.5 Å². The first-order valence-corrected chi connectivity index (χ1v) is 11.3. The number of hydrogen-bond donors (Lipinski definition) is 2. The summed E-state index contributed by atoms with van der Waals surface area (Å²) < 4.78 is 38.3. The van der Waals surface area contributed by atoms with Gasteiger partial charge in [0.1, 0.15) is 5.60 Å². The third-order valence-corrected chi connectivity index (χ3v) is 6.55. The molecule has 0 unspecified atom stereocenters. The smallest absolute Gasteiger partial charge is 0.376 e. The fourth-order valence-corrected chi connectivity index (χ4v) is 4.62. The van der Waals surface area contributed by atoms with E-state index in [1.165, 1.54) is 44.2 Å². The van der Waals surface area contributed by atoms with Gasteiger partial charge in [0.2, 0.25) is 0 Å². The molecule has 2 fully saturated rings. The minimum Gasteiger partial charge on any atom is -0.376 e. The van der Waals surface area contributed by atoms with Crippen LogP contribution in [-0.2, 0) is 15.9 Å². The van der Waals surface area contributed by atoms with Gasteiger partial charge in [-0.3, -0.25) is 10.3 Å². The lowest BCUT2D eigenvalue weighted by atomic mass is 9.89. The van der Waals surface area contributed by atoms with Crippen LogP contribution < -0.4 is 10.8 Å². The van der Waals surface area contributed by atoms with Crippen LogP contribution in [0.4, 0.5) is 13.2 Å². The Bertz CT molecular complexity index is 799. The van der Waals surface area contributed by atoms with E-state index in [-0.39, 0.29) is 0 Å². The van der Waals surface area contributed by atoms with Crippen LogP contribution >= 0.6 is 12.2 Å². The van der Waals surface area contributed by atoms with E-state index in [4.69, 9.17) is 21.9 Å². The normalized spacial score (nSPS) is 22.1. The number of piperidine rings is 1. The molecule has 1 aliphatic carbocycles. The van der Waals surface area contributed by atoms with E-state index in [1.807, 2.05) is 11.1 Å². The number of nitrogens with zero attached hydrogens (tertiary/aromatic N) is 1. The molecule has 1 spiro atoms. The molecule has 2 aliphatic heterocycles. The lowest BCUT2D eigenvalue weighted by Gasteiger charge is -2.35. The van der Waals surface area contributed by atoms with Crippen LogP contribution in [0.15, 0.2) is 30.3 Å². The number of thiocarbonyl (C=S) groups is 1. The van der Waals surface area contributed by atoms with Crippen molar-refractivity contribution in [3.8, 4) is 0 Å². The zero-order valence-electron chi connectivity index (χ0n) is 17.3. The highest BCUT2D eigenvalue weighted by Gasteiger charge is 2.40. The largest absolute Gasteiger partial charge is 0.416 e. The van der Waals surface area contributed by atoms with Crippen molar-refractivity contribution < 1.29 is 22.8 Å². The van der Waals surface area contributed by atoms with Gasteiger partial charge in [0.15, 0.2) is 0 Å². The highest BCUT2D eigenvalue weighted by atomic mass is 32.1. The molecule has 4 rings (SSSR count). The van der Waals surface area contributed by atoms with Gasteiger partial charge in [-0.2, -0.15) is 13.2 Å². The molecule has 2 N–H and O–H groups in total. The standard InChI is InChI=1S/C22H28F3N3O2S/c23-22(24,25)18-8-6-17(7-9-18)19-14-21(30-27-19)10-12-28(13-11-21)29-20(31)26-15-16-4-2-1-3-5-16/h6-9,14,16,27H,1-5,10-13,15H2,(H,26,31). The molecule has 1 saturated heterocycles. The van der Waals surface area contributed by atoms with E-state index in [2.05, 4.69) is 10.8 Å². The van der Waals surface area contributed by atoms with Gasteiger partial charge >= 0.3 is 6.18 Å². The molecule has 170 valence electrons. The lowest BCUT2D eigenvalue weighted by Crippen LogP contribution is -2.46. The Morgan fingerprint density at radius 3 is 2.48 bits per heavy atom. The van der Waals surface area contributed by atoms with Gasteiger partial charge < -0.3 is 10.2 Å². The highest BCUT2D eigenvalue weighted by Crippen LogP contribution is 2.36. The van der Waals surface area contributed by atoms with Gasteiger partial charge in [-0.25, -0.2) is 0 Å². The molecule has 0 radical (unpaired) electrons. The summed E-state index contributed by atoms with van der Waals surface area (Å²) in [6, 6.07) is 5.08. The van der Waals surface area contributed by atoms with Gasteiger partial charge in [-0.15, -0.1) is 5.06 Å². The Morgan fingerprint density at radius 1 is 1.16 bits per heavy atom. The molecule has 2 heterocycles. The Labute approximate surface area is 185 Å². The van der Waals surface area contributed by atoms with Crippen LogP contribution in [0.5, 0.6) is 0 Å². The van der Waals surface area contributed by atoms with Crippen molar-refractivity contribution in [2.45, 2.75) is 56.7 Å². The summed E-state index contributed by atoms with van der Waals surface area (Å²) in [5.41, 5.74) is 3.08. The summed E-state index contributed by atoms with van der Waals surface area (Å²) in [6.45, 7) is 2.15. The zero-order chi connectivity index (χ0) is 21.9. The van der Waals surface area contributed by atoms with Crippen molar-refractivity contribution >= 4 is 23.1 Å². The Morgan fingerprint density at radius 2 is 1.84 bits per heavy atom. The quantitative estimate of drug-likeness (QED) is 0.636. The third kappa shape index (κ3) is 5.70. The Balaban J connectivity index is 1.26. The summed E-state index contributed by atoms with van der Waals surface area (Å²) in [7, 11) is 0. The topological polar surface area (TPSA) is 45.8 Å². The minimum absolute atomic E-state index is 0.410. The predicted octanol–water partition coefficient (Wildman–Crippen LogP) is 4.80. The van der Waals surface area contributed by atoms with Gasteiger partial charge in [-0.1, -0.05) is 31.4 Å². The third-order valence-electron chi connectivity index (χ3n) is 6.34. The summed E-state index contributed by atoms with van der Waals surface area (Å²) >= 11 is 5.34. The first-order chi connectivity index (χ1) is 14.8. The Kier molecular flexibility index (Phi) is 6.74. The van der Waals surface area contributed by atoms with Gasteiger partial charge in [0.25, 0.3) is 5.17 Å². The van der Waals surface area contributed by atoms with Gasteiger partial charge in [0, 0.05) is 19.6 Å². The molecule has 0 aromatic heterocycles. The number of hydrogen-bond acceptors (Lipinski definition) is 5. The van der Waals surface area contributed by atoms with Crippen molar-refractivity contribution in [3.63, 3.8) is 0 Å². The van der Waals surface area contributed by atoms with Crippen molar-refractivity contribution in [3.05, 3.63) is 41.5 Å². The molecule has 0 amide bonds. The molecule has 1 aromatic carbocycles. The Hall–Kier alpha value is -1.84. The van der Waals surface area contributed by atoms with E-state index in [0.717, 1.165) is 18.7 Å². The number of rotatable bonds is 4. The second-order valence-corrected chi connectivity index (χ2v) is 8.97. The maximum Gasteiger partial charge on any atom is 0.416 e. The molecule has 31 heavy (non-hydrogen) atoms. The average Bonchev–Trinajstić information content (AvgIpc) is 3.18. The van der Waals surface area contributed by atoms with Gasteiger partial charge in [0.05, 0.1) is 11.3 Å². The number of benzene rings is 1. The first-order valence-electron chi connectivity index (χ1n) is 10.9. The lowest BCUT2D eigenvalue weighted by molar-refractivity contribution is -0.144. The molecular weight excluding hydrogens is 427 g/mol. The molecule has 9 heteroatoms. The van der Waals surface area contributed by atoms with Crippen LogP contribution in [0.1, 0.15) is 56.1 Å². The molecule has 0 atom stereocenters. The monoisotopic (exact) mass is 455 g/mol. The second-order valence-electron chi connectivity index (χ2n) is 8.59. The van der Waals surface area contributed by atoms with Crippen molar-refractivity contribution in [1.29, 1.82) is 0 Å². The van der Waals surface area contributed by atoms with E-state index in [9.17, 15) is 13.2 Å². The maximum absolute atomic E-state index is 12.8. The molecule has 1 saturated carbocycles. The first kappa shape index (κ1) is 22.4. The van der Waals surface area contributed by atoms with Crippen LogP contribution in [0.3, 0.4) is 0 Å². The summed E-state index contributed by atoms with van der Waals surface area (Å²) in [5.74, 6) is 0.673.